The van der Waals surface area contributed by atoms with Gasteiger partial charge in [0.05, 0.1) is 5.52 Å². The lowest BCUT2D eigenvalue weighted by atomic mass is 9.98. The van der Waals surface area contributed by atoms with Gasteiger partial charge in [-0.25, -0.2) is 15.0 Å². The standard InChI is InChI=1S/C27H25N5O/c1-19-16-22(8-10-25(19)33-26-4-2-3-13-29-26)32-27-23-17-21(7-9-24(23)30-18-31-27)6-5-20-11-14-28-15-12-20/h2-4,7-10,13,16-18,20,28H,11-12,14-15H2,1H3,(H,30,31,32). The van der Waals surface area contributed by atoms with Crippen LogP contribution in [0, 0.1) is 24.7 Å². The number of pyridine rings is 1. The predicted octanol–water partition coefficient (Wildman–Crippen LogP) is 5.22. The molecule has 5 rings (SSSR count). The topological polar surface area (TPSA) is 72.0 Å². The Balaban J connectivity index is 1.38. The first kappa shape index (κ1) is 20.9. The third-order valence-electron chi connectivity index (χ3n) is 5.69. The van der Waals surface area contributed by atoms with E-state index in [0.717, 1.165) is 65.2 Å². The molecule has 1 saturated heterocycles. The van der Waals surface area contributed by atoms with Gasteiger partial charge in [-0.3, -0.25) is 0 Å². The molecule has 164 valence electrons. The number of fused-ring (bicyclic) bond motifs is 1. The highest BCUT2D eigenvalue weighted by molar-refractivity contribution is 5.91. The van der Waals surface area contributed by atoms with Gasteiger partial charge in [0.1, 0.15) is 17.9 Å². The van der Waals surface area contributed by atoms with Crippen LogP contribution in [0.3, 0.4) is 0 Å². The molecule has 1 fully saturated rings. The quantitative estimate of drug-likeness (QED) is 0.428. The number of ether oxygens (including phenoxy) is 1. The van der Waals surface area contributed by atoms with E-state index in [9.17, 15) is 0 Å². The second-order valence-electron chi connectivity index (χ2n) is 8.12. The molecule has 1 aliphatic heterocycles. The molecule has 4 aromatic rings. The van der Waals surface area contributed by atoms with Gasteiger partial charge in [0, 0.05) is 34.8 Å². The van der Waals surface area contributed by atoms with Crippen LogP contribution in [0.2, 0.25) is 0 Å². The summed E-state index contributed by atoms with van der Waals surface area (Å²) in [4.78, 5) is 13.1. The smallest absolute Gasteiger partial charge is 0.219 e. The Morgan fingerprint density at radius 2 is 1.91 bits per heavy atom. The zero-order valence-electron chi connectivity index (χ0n) is 18.5. The molecule has 0 aliphatic carbocycles. The number of hydrogen-bond acceptors (Lipinski definition) is 6. The molecule has 0 spiro atoms. The lowest BCUT2D eigenvalue weighted by molar-refractivity contribution is 0.447. The SMILES string of the molecule is Cc1cc(Nc2ncnc3ccc(C#CC4CCNCC4)cc23)ccc1Oc1ccccn1. The molecular weight excluding hydrogens is 410 g/mol. The lowest BCUT2D eigenvalue weighted by Crippen LogP contribution is -2.26. The van der Waals surface area contributed by atoms with Crippen molar-refractivity contribution in [1.82, 2.24) is 20.3 Å². The fraction of sp³-hybridized carbons (Fsp3) is 0.222. The maximum absolute atomic E-state index is 5.89. The Labute approximate surface area is 193 Å². The van der Waals surface area contributed by atoms with Crippen LogP contribution >= 0.6 is 0 Å². The van der Waals surface area contributed by atoms with Crippen molar-refractivity contribution in [3.63, 3.8) is 0 Å². The summed E-state index contributed by atoms with van der Waals surface area (Å²) in [6.07, 6.45) is 5.51. The molecule has 33 heavy (non-hydrogen) atoms. The predicted molar refractivity (Wildman–Crippen MR) is 131 cm³/mol. The number of rotatable bonds is 4. The zero-order valence-corrected chi connectivity index (χ0v) is 18.5. The van der Waals surface area contributed by atoms with Gasteiger partial charge in [-0.1, -0.05) is 17.9 Å². The van der Waals surface area contributed by atoms with Crippen molar-refractivity contribution in [2.75, 3.05) is 18.4 Å². The van der Waals surface area contributed by atoms with Crippen molar-refractivity contribution in [3.05, 3.63) is 78.2 Å². The van der Waals surface area contributed by atoms with Crippen molar-refractivity contribution in [3.8, 4) is 23.5 Å². The fourth-order valence-electron chi connectivity index (χ4n) is 3.88. The van der Waals surface area contributed by atoms with Crippen LogP contribution in [0.15, 0.2) is 67.1 Å². The number of nitrogens with one attached hydrogen (secondary N) is 2. The Hall–Kier alpha value is -3.95. The minimum Gasteiger partial charge on any atom is -0.439 e. The van der Waals surface area contributed by atoms with Crippen molar-refractivity contribution in [2.24, 2.45) is 5.92 Å². The van der Waals surface area contributed by atoms with Crippen LogP contribution in [0.25, 0.3) is 10.9 Å². The molecule has 0 atom stereocenters. The molecule has 1 aliphatic rings. The van der Waals surface area contributed by atoms with Crippen LogP contribution < -0.4 is 15.4 Å². The van der Waals surface area contributed by atoms with Gasteiger partial charge in [0.2, 0.25) is 5.88 Å². The van der Waals surface area contributed by atoms with Crippen LogP contribution in [-0.2, 0) is 0 Å². The van der Waals surface area contributed by atoms with Gasteiger partial charge >= 0.3 is 0 Å². The maximum atomic E-state index is 5.89. The minimum atomic E-state index is 0.460. The molecule has 0 radical (unpaired) electrons. The van der Waals surface area contributed by atoms with Crippen molar-refractivity contribution >= 4 is 22.4 Å². The van der Waals surface area contributed by atoms with E-state index < -0.39 is 0 Å². The molecule has 3 heterocycles. The molecule has 0 bridgehead atoms. The van der Waals surface area contributed by atoms with Crippen molar-refractivity contribution in [1.29, 1.82) is 0 Å². The Morgan fingerprint density at radius 1 is 1.00 bits per heavy atom. The van der Waals surface area contributed by atoms with Crippen LogP contribution in [0.1, 0.15) is 24.0 Å². The average Bonchev–Trinajstić information content (AvgIpc) is 2.86. The van der Waals surface area contributed by atoms with Crippen molar-refractivity contribution < 1.29 is 4.74 Å². The average molecular weight is 436 g/mol. The van der Waals surface area contributed by atoms with E-state index in [1.165, 1.54) is 0 Å². The first-order valence-electron chi connectivity index (χ1n) is 11.2. The van der Waals surface area contributed by atoms with E-state index in [4.69, 9.17) is 4.74 Å². The van der Waals surface area contributed by atoms with Crippen molar-refractivity contribution in [2.45, 2.75) is 19.8 Å². The fourth-order valence-corrected chi connectivity index (χ4v) is 3.88. The van der Waals surface area contributed by atoms with Gasteiger partial charge in [0.15, 0.2) is 0 Å². The minimum absolute atomic E-state index is 0.460. The van der Waals surface area contributed by atoms with E-state index in [2.05, 4.69) is 43.5 Å². The number of nitrogens with zero attached hydrogens (tertiary/aromatic N) is 3. The van der Waals surface area contributed by atoms with Gasteiger partial charge in [-0.2, -0.15) is 0 Å². The molecule has 2 N–H and O–H groups in total. The Morgan fingerprint density at radius 3 is 2.73 bits per heavy atom. The summed E-state index contributed by atoms with van der Waals surface area (Å²) in [5, 5.41) is 7.76. The van der Waals surface area contributed by atoms with E-state index in [1.807, 2.05) is 55.5 Å². The highest BCUT2D eigenvalue weighted by Gasteiger charge is 2.10. The largest absolute Gasteiger partial charge is 0.439 e. The van der Waals surface area contributed by atoms with Gasteiger partial charge in [-0.15, -0.1) is 0 Å². The highest BCUT2D eigenvalue weighted by atomic mass is 16.5. The number of aryl methyl sites for hydroxylation is 1. The first-order chi connectivity index (χ1) is 16.2. The maximum Gasteiger partial charge on any atom is 0.219 e. The highest BCUT2D eigenvalue weighted by Crippen LogP contribution is 2.29. The number of anilines is 2. The Kier molecular flexibility index (Phi) is 6.14. The molecule has 2 aromatic carbocycles. The molecule has 6 heteroatoms. The van der Waals surface area contributed by atoms with Gasteiger partial charge < -0.3 is 15.4 Å². The second kappa shape index (κ2) is 9.68. The van der Waals surface area contributed by atoms with Crippen LogP contribution in [-0.4, -0.2) is 28.0 Å². The van der Waals surface area contributed by atoms with E-state index in [-0.39, 0.29) is 0 Å². The van der Waals surface area contributed by atoms with Crippen LogP contribution in [0.5, 0.6) is 11.6 Å². The van der Waals surface area contributed by atoms with E-state index in [0.29, 0.717) is 11.8 Å². The summed E-state index contributed by atoms with van der Waals surface area (Å²) in [7, 11) is 0. The summed E-state index contributed by atoms with van der Waals surface area (Å²) < 4.78 is 5.89. The summed E-state index contributed by atoms with van der Waals surface area (Å²) in [6.45, 7) is 4.10. The molecule has 0 unspecified atom stereocenters. The second-order valence-corrected chi connectivity index (χ2v) is 8.12. The molecular formula is C27H25N5O. The van der Waals surface area contributed by atoms with Gasteiger partial charge in [-0.05, 0) is 80.9 Å². The molecule has 6 nitrogen and oxygen atoms in total. The van der Waals surface area contributed by atoms with E-state index in [1.54, 1.807) is 12.5 Å². The van der Waals surface area contributed by atoms with Gasteiger partial charge in [0.25, 0.3) is 0 Å². The summed E-state index contributed by atoms with van der Waals surface area (Å²) in [5.41, 5.74) is 3.78. The first-order valence-corrected chi connectivity index (χ1v) is 11.2. The van der Waals surface area contributed by atoms with Crippen LogP contribution in [0.4, 0.5) is 11.5 Å². The zero-order chi connectivity index (χ0) is 22.5. The van der Waals surface area contributed by atoms with E-state index >= 15 is 0 Å². The normalized spacial score (nSPS) is 13.8. The third kappa shape index (κ3) is 5.11. The Bertz CT molecular complexity index is 1320. The summed E-state index contributed by atoms with van der Waals surface area (Å²) >= 11 is 0. The number of piperidine rings is 1. The number of hydrogen-bond donors (Lipinski definition) is 2. The molecule has 2 aromatic heterocycles. The summed E-state index contributed by atoms with van der Waals surface area (Å²) in [5.74, 6) is 9.34. The number of benzene rings is 2. The lowest BCUT2D eigenvalue weighted by Gasteiger charge is -2.17. The third-order valence-corrected chi connectivity index (χ3v) is 5.69. The molecule has 0 saturated carbocycles. The molecule has 0 amide bonds. The monoisotopic (exact) mass is 435 g/mol. The summed E-state index contributed by atoms with van der Waals surface area (Å²) in [6, 6.07) is 17.6. The number of aromatic nitrogens is 3.